The van der Waals surface area contributed by atoms with E-state index in [0.717, 1.165) is 5.92 Å². The second-order valence-electron chi connectivity index (χ2n) is 2.18. The molecule has 0 aliphatic heterocycles. The summed E-state index contributed by atoms with van der Waals surface area (Å²) in [5.41, 5.74) is 0. The summed E-state index contributed by atoms with van der Waals surface area (Å²) in [6.07, 6.45) is 2.71. The van der Waals surface area contributed by atoms with Gasteiger partial charge in [0, 0.05) is 0 Å². The van der Waals surface area contributed by atoms with Gasteiger partial charge in [-0.2, -0.15) is 0 Å². The normalized spacial score (nSPS) is 6.00. The predicted molar refractivity (Wildman–Crippen MR) is 35.5 cm³/mol. The van der Waals surface area contributed by atoms with Crippen LogP contribution in [0.3, 0.4) is 0 Å². The molecule has 0 heterocycles. The van der Waals surface area contributed by atoms with Crippen molar-refractivity contribution in [3.63, 3.8) is 0 Å². The molecule has 10 heavy (non-hydrogen) atoms. The summed E-state index contributed by atoms with van der Waals surface area (Å²) in [5, 5.41) is 0. The van der Waals surface area contributed by atoms with Crippen LogP contribution in [0.4, 0.5) is 0 Å². The first-order valence-corrected chi connectivity index (χ1v) is 2.77. The van der Waals surface area contributed by atoms with E-state index < -0.39 is 0 Å². The average Bonchev–Trinajstić information content (AvgIpc) is 1.35. The van der Waals surface area contributed by atoms with Crippen molar-refractivity contribution in [2.45, 2.75) is 33.6 Å². The first-order chi connectivity index (χ1) is 2.77. The molecule has 0 bridgehead atoms. The maximum Gasteiger partial charge on any atom is 3.00 e. The summed E-state index contributed by atoms with van der Waals surface area (Å²) < 4.78 is 0. The van der Waals surface area contributed by atoms with Gasteiger partial charge in [-0.25, -0.2) is 0 Å². The molecule has 0 rings (SSSR count). The Morgan fingerprint density at radius 2 is 1.30 bits per heavy atom. The Labute approximate surface area is 101 Å². The van der Waals surface area contributed by atoms with Crippen LogP contribution < -0.4 is 37.2 Å². The smallest absolute Gasteiger partial charge is 1.00 e. The largest absolute Gasteiger partial charge is 3.00 e. The Bertz CT molecular complexity index is 34.2. The Morgan fingerprint density at radius 3 is 1.30 bits per heavy atom. The van der Waals surface area contributed by atoms with Gasteiger partial charge in [0.2, 0.25) is 0 Å². The molecule has 0 spiro atoms. The zero-order chi connectivity index (χ0) is 4.99. The second-order valence-corrected chi connectivity index (χ2v) is 2.18. The van der Waals surface area contributed by atoms with E-state index in [1.54, 1.807) is 0 Å². The summed E-state index contributed by atoms with van der Waals surface area (Å²) in [6, 6.07) is 0. The van der Waals surface area contributed by atoms with Crippen LogP contribution in [-0.4, -0.2) is 24.4 Å². The summed E-state index contributed by atoms with van der Waals surface area (Å²) in [7, 11) is 0. The van der Waals surface area contributed by atoms with Crippen molar-refractivity contribution in [3.05, 3.63) is 0 Å². The van der Waals surface area contributed by atoms with E-state index in [0.29, 0.717) is 0 Å². The van der Waals surface area contributed by atoms with Crippen LogP contribution in [-0.2, 0) is 0 Å². The van der Waals surface area contributed by atoms with Crippen LogP contribution in [0, 0.1) is 5.92 Å². The summed E-state index contributed by atoms with van der Waals surface area (Å²) >= 11 is 0. The van der Waals surface area contributed by atoms with Gasteiger partial charge in [0.1, 0.15) is 0 Å². The van der Waals surface area contributed by atoms with E-state index in [2.05, 4.69) is 20.8 Å². The van der Waals surface area contributed by atoms with Crippen molar-refractivity contribution in [3.8, 4) is 0 Å². The Balaban J connectivity index is -0.0000000208. The molecule has 0 aromatic carbocycles. The maximum absolute atomic E-state index is 2.25. The van der Waals surface area contributed by atoms with E-state index in [1.807, 2.05) is 0 Å². The molecule has 0 fully saturated rings. The van der Waals surface area contributed by atoms with Crippen LogP contribution >= 0.6 is 0 Å². The molecule has 0 atom stereocenters. The minimum atomic E-state index is 0. The van der Waals surface area contributed by atoms with Crippen LogP contribution in [0.1, 0.15) is 33.6 Å². The third kappa shape index (κ3) is 33.3. The first-order valence-electron chi connectivity index (χ1n) is 2.77. The summed E-state index contributed by atoms with van der Waals surface area (Å²) in [6.45, 7) is 6.73. The molecule has 0 aromatic heterocycles. The van der Waals surface area contributed by atoms with Crippen molar-refractivity contribution < 1.29 is 37.2 Å². The minimum Gasteiger partial charge on any atom is -1.00 e. The third-order valence-electron chi connectivity index (χ3n) is 0.866. The fourth-order valence-corrected chi connectivity index (χ4v) is 0.577. The molecule has 2 radical (unpaired) electrons. The molecule has 0 N–H and O–H groups in total. The van der Waals surface area contributed by atoms with E-state index in [4.69, 9.17) is 0 Å². The zero-order valence-corrected chi connectivity index (χ0v) is 11.4. The Hall–Kier alpha value is 1.69. The Kier molecular flexibility index (Phi) is 66.9. The monoisotopic (exact) mass is 312 g/mol. The van der Waals surface area contributed by atoms with E-state index >= 15 is 0 Å². The molecule has 0 aromatic rings. The van der Waals surface area contributed by atoms with Crippen molar-refractivity contribution in [2.75, 3.05) is 0 Å². The molecule has 0 saturated heterocycles. The van der Waals surface area contributed by atoms with Gasteiger partial charge >= 0.3 is 24.4 Å². The molecule has 0 amide bonds. The Morgan fingerprint density at radius 1 is 1.00 bits per heavy atom. The van der Waals surface area contributed by atoms with Gasteiger partial charge in [0.25, 0.3) is 0 Å². The van der Waals surface area contributed by atoms with Crippen LogP contribution in [0.5, 0.6) is 0 Å². The fourth-order valence-electron chi connectivity index (χ4n) is 0.577. The number of hydrogen-bond donors (Lipinski definition) is 0. The topological polar surface area (TPSA) is 0 Å². The first kappa shape index (κ1) is 29.8. The SMILES string of the molecule is CCCC(C)C.[Cl-].[Cl-].[Cl-].[Sb+3]. The van der Waals surface area contributed by atoms with Gasteiger partial charge in [-0.05, 0) is 5.92 Å². The molecule has 0 nitrogen and oxygen atoms in total. The van der Waals surface area contributed by atoms with Crippen LogP contribution in [0.2, 0.25) is 0 Å². The van der Waals surface area contributed by atoms with Gasteiger partial charge < -0.3 is 37.2 Å². The van der Waals surface area contributed by atoms with Crippen molar-refractivity contribution >= 4 is 24.4 Å². The molecule has 0 aliphatic rings. The number of halogens is 3. The summed E-state index contributed by atoms with van der Waals surface area (Å²) in [5.74, 6) is 0.898. The molecule has 0 aliphatic carbocycles. The average molecular weight is 314 g/mol. The van der Waals surface area contributed by atoms with Crippen LogP contribution in [0.25, 0.3) is 0 Å². The van der Waals surface area contributed by atoms with Crippen molar-refractivity contribution in [1.29, 1.82) is 0 Å². The molecular weight excluding hydrogens is 300 g/mol. The molecule has 0 saturated carbocycles. The third-order valence-corrected chi connectivity index (χ3v) is 0.866. The van der Waals surface area contributed by atoms with E-state index in [-0.39, 0.29) is 61.6 Å². The van der Waals surface area contributed by atoms with Gasteiger partial charge in [-0.15, -0.1) is 0 Å². The van der Waals surface area contributed by atoms with Gasteiger partial charge in [0.15, 0.2) is 0 Å². The molecular formula is C6H14Cl3Sb. The predicted octanol–water partition coefficient (Wildman–Crippen LogP) is -6.93. The standard InChI is InChI=1S/C6H14.3ClH.Sb/c1-4-5-6(2)3;;;;/h6H,4-5H2,1-3H3;3*1H;/q;;;;+3/p-3. The van der Waals surface area contributed by atoms with E-state index in [1.165, 1.54) is 12.8 Å². The molecule has 4 heteroatoms. The zero-order valence-electron chi connectivity index (χ0n) is 6.57. The second kappa shape index (κ2) is 22.4. The fraction of sp³-hybridized carbons (Fsp3) is 1.00. The van der Waals surface area contributed by atoms with Crippen molar-refractivity contribution in [1.82, 2.24) is 0 Å². The maximum atomic E-state index is 2.25. The number of rotatable bonds is 2. The summed E-state index contributed by atoms with van der Waals surface area (Å²) in [4.78, 5) is 0. The minimum absolute atomic E-state index is 0. The quantitative estimate of drug-likeness (QED) is 0.445. The number of hydrogen-bond acceptors (Lipinski definition) is 0. The van der Waals surface area contributed by atoms with Gasteiger partial charge in [0.05, 0.1) is 0 Å². The van der Waals surface area contributed by atoms with Crippen LogP contribution in [0.15, 0.2) is 0 Å². The van der Waals surface area contributed by atoms with Crippen molar-refractivity contribution in [2.24, 2.45) is 5.92 Å². The van der Waals surface area contributed by atoms with Gasteiger partial charge in [-0.1, -0.05) is 33.6 Å². The molecule has 64 valence electrons. The van der Waals surface area contributed by atoms with E-state index in [9.17, 15) is 0 Å². The molecule has 0 unspecified atom stereocenters. The van der Waals surface area contributed by atoms with Gasteiger partial charge in [-0.3, -0.25) is 0 Å².